The third-order valence-electron chi connectivity index (χ3n) is 2.83. The smallest absolute Gasteiger partial charge is 0.165 e. The van der Waals surface area contributed by atoms with Gasteiger partial charge in [0.15, 0.2) is 11.6 Å². The van der Waals surface area contributed by atoms with E-state index >= 15 is 0 Å². The van der Waals surface area contributed by atoms with Crippen LogP contribution in [0.5, 0.6) is 5.75 Å². The predicted octanol–water partition coefficient (Wildman–Crippen LogP) is 1.88. The van der Waals surface area contributed by atoms with Crippen molar-refractivity contribution in [3.8, 4) is 5.75 Å². The fourth-order valence-electron chi connectivity index (χ4n) is 1.93. The van der Waals surface area contributed by atoms with Crippen LogP contribution in [0.1, 0.15) is 17.3 Å². The second-order valence-electron chi connectivity index (χ2n) is 4.03. The third kappa shape index (κ3) is 2.36. The summed E-state index contributed by atoms with van der Waals surface area (Å²) >= 11 is 0. The van der Waals surface area contributed by atoms with E-state index in [1.807, 2.05) is 26.4 Å². The molecule has 0 saturated carbocycles. The van der Waals surface area contributed by atoms with Crippen molar-refractivity contribution in [2.24, 2.45) is 7.05 Å². The van der Waals surface area contributed by atoms with Gasteiger partial charge < -0.3 is 10.1 Å². The molecule has 0 amide bonds. The highest BCUT2D eigenvalue weighted by atomic mass is 19.1. The predicted molar refractivity (Wildman–Crippen MR) is 67.1 cm³/mol. The Morgan fingerprint density at radius 2 is 2.17 bits per heavy atom. The van der Waals surface area contributed by atoms with E-state index in [0.717, 1.165) is 11.3 Å². The Morgan fingerprint density at radius 1 is 1.39 bits per heavy atom. The molecule has 1 aromatic carbocycles. The molecule has 0 aliphatic heterocycles. The molecular weight excluding hydrogens is 233 g/mol. The maximum absolute atomic E-state index is 13.4. The van der Waals surface area contributed by atoms with E-state index in [-0.39, 0.29) is 17.6 Å². The SMILES string of the molecule is CNC(c1ccc(F)c(OC)c1)c1ccn(C)n1. The van der Waals surface area contributed by atoms with Crippen LogP contribution in [0, 0.1) is 5.82 Å². The molecule has 0 aliphatic rings. The first-order chi connectivity index (χ1) is 8.65. The molecule has 0 bridgehead atoms. The number of nitrogens with zero attached hydrogens (tertiary/aromatic N) is 2. The maximum atomic E-state index is 13.4. The van der Waals surface area contributed by atoms with Gasteiger partial charge >= 0.3 is 0 Å². The molecule has 5 heteroatoms. The number of benzene rings is 1. The molecule has 1 atom stereocenters. The van der Waals surface area contributed by atoms with Crippen molar-refractivity contribution < 1.29 is 9.13 Å². The number of rotatable bonds is 4. The average Bonchev–Trinajstić information content (AvgIpc) is 2.79. The first-order valence-corrected chi connectivity index (χ1v) is 5.66. The Morgan fingerprint density at radius 3 is 2.72 bits per heavy atom. The Hall–Kier alpha value is -1.88. The maximum Gasteiger partial charge on any atom is 0.165 e. The van der Waals surface area contributed by atoms with Gasteiger partial charge in [-0.05, 0) is 30.8 Å². The Kier molecular flexibility index (Phi) is 3.62. The number of hydrogen-bond donors (Lipinski definition) is 1. The summed E-state index contributed by atoms with van der Waals surface area (Å²) in [5, 5.41) is 7.52. The van der Waals surface area contributed by atoms with Crippen LogP contribution in [0.15, 0.2) is 30.5 Å². The van der Waals surface area contributed by atoms with Crippen LogP contribution >= 0.6 is 0 Å². The van der Waals surface area contributed by atoms with E-state index in [1.165, 1.54) is 13.2 Å². The lowest BCUT2D eigenvalue weighted by Gasteiger charge is -2.15. The van der Waals surface area contributed by atoms with Crippen molar-refractivity contribution in [2.75, 3.05) is 14.2 Å². The molecule has 0 radical (unpaired) electrons. The monoisotopic (exact) mass is 249 g/mol. The molecule has 2 rings (SSSR count). The molecule has 0 fully saturated rings. The number of aromatic nitrogens is 2. The van der Waals surface area contributed by atoms with Gasteiger partial charge in [0.1, 0.15) is 0 Å². The van der Waals surface area contributed by atoms with Gasteiger partial charge in [0.25, 0.3) is 0 Å². The zero-order valence-corrected chi connectivity index (χ0v) is 10.6. The van der Waals surface area contributed by atoms with E-state index < -0.39 is 0 Å². The van der Waals surface area contributed by atoms with Crippen LogP contribution in [-0.4, -0.2) is 23.9 Å². The molecule has 18 heavy (non-hydrogen) atoms. The highest BCUT2D eigenvalue weighted by Gasteiger charge is 2.16. The number of hydrogen-bond acceptors (Lipinski definition) is 3. The quantitative estimate of drug-likeness (QED) is 0.899. The van der Waals surface area contributed by atoms with Crippen LogP contribution in [0.4, 0.5) is 4.39 Å². The normalized spacial score (nSPS) is 12.4. The highest BCUT2D eigenvalue weighted by Crippen LogP contribution is 2.25. The summed E-state index contributed by atoms with van der Waals surface area (Å²) in [6.45, 7) is 0. The number of aryl methyl sites for hydroxylation is 1. The Bertz CT molecular complexity index is 539. The molecule has 0 spiro atoms. The van der Waals surface area contributed by atoms with Gasteiger partial charge in [0.2, 0.25) is 0 Å². The molecule has 0 aliphatic carbocycles. The van der Waals surface area contributed by atoms with Crippen molar-refractivity contribution in [1.82, 2.24) is 15.1 Å². The summed E-state index contributed by atoms with van der Waals surface area (Å²) in [6.07, 6.45) is 1.88. The minimum atomic E-state index is -0.364. The molecule has 1 unspecified atom stereocenters. The van der Waals surface area contributed by atoms with Crippen LogP contribution in [0.2, 0.25) is 0 Å². The molecule has 1 aromatic heterocycles. The fourth-order valence-corrected chi connectivity index (χ4v) is 1.93. The minimum absolute atomic E-state index is 0.0827. The van der Waals surface area contributed by atoms with Crippen molar-refractivity contribution >= 4 is 0 Å². The second-order valence-corrected chi connectivity index (χ2v) is 4.03. The standard InChI is InChI=1S/C13H16FN3O/c1-15-13(11-6-7-17(2)16-11)9-4-5-10(14)12(8-9)18-3/h4-8,13,15H,1-3H3. The first kappa shape index (κ1) is 12.6. The lowest BCUT2D eigenvalue weighted by molar-refractivity contribution is 0.385. The molecule has 4 nitrogen and oxygen atoms in total. The van der Waals surface area contributed by atoms with Gasteiger partial charge in [0.05, 0.1) is 18.8 Å². The topological polar surface area (TPSA) is 39.1 Å². The van der Waals surface area contributed by atoms with Gasteiger partial charge in [0, 0.05) is 13.2 Å². The Balaban J connectivity index is 2.38. The molecule has 1 N–H and O–H groups in total. The lowest BCUT2D eigenvalue weighted by atomic mass is 10.0. The van der Waals surface area contributed by atoms with Gasteiger partial charge in [-0.1, -0.05) is 6.07 Å². The van der Waals surface area contributed by atoms with Crippen LogP contribution in [0.25, 0.3) is 0 Å². The fraction of sp³-hybridized carbons (Fsp3) is 0.308. The number of halogens is 1. The molecule has 0 saturated heterocycles. The van der Waals surface area contributed by atoms with Gasteiger partial charge in [-0.15, -0.1) is 0 Å². The average molecular weight is 249 g/mol. The summed E-state index contributed by atoms with van der Waals surface area (Å²) in [4.78, 5) is 0. The number of nitrogens with one attached hydrogen (secondary N) is 1. The van der Waals surface area contributed by atoms with E-state index in [2.05, 4.69) is 10.4 Å². The largest absolute Gasteiger partial charge is 0.494 e. The van der Waals surface area contributed by atoms with Crippen molar-refractivity contribution in [3.63, 3.8) is 0 Å². The summed E-state index contributed by atoms with van der Waals surface area (Å²) in [6, 6.07) is 6.66. The molecular formula is C13H16FN3O. The van der Waals surface area contributed by atoms with Gasteiger partial charge in [-0.2, -0.15) is 5.10 Å². The zero-order valence-electron chi connectivity index (χ0n) is 10.6. The van der Waals surface area contributed by atoms with Crippen molar-refractivity contribution in [3.05, 3.63) is 47.5 Å². The van der Waals surface area contributed by atoms with Crippen LogP contribution in [-0.2, 0) is 7.05 Å². The third-order valence-corrected chi connectivity index (χ3v) is 2.83. The van der Waals surface area contributed by atoms with Crippen LogP contribution in [0.3, 0.4) is 0 Å². The number of methoxy groups -OCH3 is 1. The van der Waals surface area contributed by atoms with Crippen LogP contribution < -0.4 is 10.1 Å². The summed E-state index contributed by atoms with van der Waals surface area (Å²) < 4.78 is 20.1. The molecule has 96 valence electrons. The van der Waals surface area contributed by atoms with E-state index in [4.69, 9.17) is 4.74 Å². The van der Waals surface area contributed by atoms with E-state index in [0.29, 0.717) is 0 Å². The van der Waals surface area contributed by atoms with Gasteiger partial charge in [-0.25, -0.2) is 4.39 Å². The second kappa shape index (κ2) is 5.18. The summed E-state index contributed by atoms with van der Waals surface area (Å²) in [5.74, 6) is -0.124. The van der Waals surface area contributed by atoms with Crippen molar-refractivity contribution in [1.29, 1.82) is 0 Å². The van der Waals surface area contributed by atoms with E-state index in [1.54, 1.807) is 16.8 Å². The number of ether oxygens (including phenoxy) is 1. The lowest BCUT2D eigenvalue weighted by Crippen LogP contribution is -2.18. The van der Waals surface area contributed by atoms with Crippen molar-refractivity contribution in [2.45, 2.75) is 6.04 Å². The first-order valence-electron chi connectivity index (χ1n) is 5.66. The summed E-state index contributed by atoms with van der Waals surface area (Å²) in [5.41, 5.74) is 1.79. The molecule has 2 aromatic rings. The van der Waals surface area contributed by atoms with E-state index in [9.17, 15) is 4.39 Å². The summed E-state index contributed by atoms with van der Waals surface area (Å²) in [7, 11) is 5.16. The minimum Gasteiger partial charge on any atom is -0.494 e. The highest BCUT2D eigenvalue weighted by molar-refractivity contribution is 5.35. The van der Waals surface area contributed by atoms with Gasteiger partial charge in [-0.3, -0.25) is 4.68 Å². The zero-order chi connectivity index (χ0) is 13.1. The Labute approximate surface area is 105 Å². The molecule has 1 heterocycles.